The number of hydrogen-bond acceptors (Lipinski definition) is 6. The van der Waals surface area contributed by atoms with E-state index in [2.05, 4.69) is 5.43 Å². The summed E-state index contributed by atoms with van der Waals surface area (Å²) in [6.07, 6.45) is 0. The number of rotatable bonds is 7. The van der Waals surface area contributed by atoms with Crippen LogP contribution >= 0.6 is 11.3 Å². The fourth-order valence-electron chi connectivity index (χ4n) is 1.74. The van der Waals surface area contributed by atoms with E-state index in [1.165, 1.54) is 25.3 Å². The van der Waals surface area contributed by atoms with Gasteiger partial charge in [-0.05, 0) is 36.6 Å². The number of hydrazine groups is 1. The number of amides is 1. The van der Waals surface area contributed by atoms with Gasteiger partial charge >= 0.3 is 0 Å². The molecule has 0 bridgehead atoms. The Bertz CT molecular complexity index is 772. The number of methoxy groups -OCH3 is 1. The molecule has 1 aromatic heterocycles. The van der Waals surface area contributed by atoms with Crippen molar-refractivity contribution in [3.63, 3.8) is 0 Å². The molecule has 0 aliphatic heterocycles. The van der Waals surface area contributed by atoms with Crippen LogP contribution < -0.4 is 19.7 Å². The van der Waals surface area contributed by atoms with Crippen molar-refractivity contribution < 1.29 is 22.7 Å². The zero-order chi connectivity index (χ0) is 16.9. The molecule has 2 N–H and O–H groups in total. The molecule has 0 saturated carbocycles. The van der Waals surface area contributed by atoms with E-state index >= 15 is 0 Å². The van der Waals surface area contributed by atoms with E-state index in [-0.39, 0.29) is 9.77 Å². The molecule has 0 aliphatic carbocycles. The maximum atomic E-state index is 12.1. The summed E-state index contributed by atoms with van der Waals surface area (Å²) in [5.74, 6) is 0.290. The molecule has 7 nitrogen and oxygen atoms in total. The Labute approximate surface area is 138 Å². The zero-order valence-electron chi connectivity index (χ0n) is 12.5. The van der Waals surface area contributed by atoms with Gasteiger partial charge in [-0.25, -0.2) is 8.42 Å². The number of ether oxygens (including phenoxy) is 2. The highest BCUT2D eigenvalue weighted by Gasteiger charge is 2.17. The van der Waals surface area contributed by atoms with Gasteiger partial charge < -0.3 is 9.47 Å². The first kappa shape index (κ1) is 17.3. The van der Waals surface area contributed by atoms with Crippen LogP contribution in [0.25, 0.3) is 0 Å². The summed E-state index contributed by atoms with van der Waals surface area (Å²) in [6, 6.07) is 7.63. The second-order valence-corrected chi connectivity index (χ2v) is 7.15. The fraction of sp³-hybridized carbons (Fsp3) is 0.214. The smallest absolute Gasteiger partial charge is 0.266 e. The fourth-order valence-corrected chi connectivity index (χ4v) is 3.57. The molecule has 2 rings (SSSR count). The largest absolute Gasteiger partial charge is 0.493 e. The van der Waals surface area contributed by atoms with E-state index in [4.69, 9.17) is 9.47 Å². The lowest BCUT2D eigenvalue weighted by Crippen LogP contribution is -2.41. The Hall–Kier alpha value is -2.10. The lowest BCUT2D eigenvalue weighted by atomic mass is 10.2. The summed E-state index contributed by atoms with van der Waals surface area (Å²) in [6.45, 7) is 2.29. The van der Waals surface area contributed by atoms with Crippen LogP contribution in [0.5, 0.6) is 11.5 Å². The SMILES string of the molecule is CCOc1ccc(C(=O)NNS(=O)(=O)c2cccs2)cc1OC. The predicted molar refractivity (Wildman–Crippen MR) is 86.3 cm³/mol. The monoisotopic (exact) mass is 356 g/mol. The average Bonchev–Trinajstić information content (AvgIpc) is 3.08. The van der Waals surface area contributed by atoms with Gasteiger partial charge in [-0.2, -0.15) is 0 Å². The van der Waals surface area contributed by atoms with Crippen molar-refractivity contribution in [1.82, 2.24) is 10.3 Å². The molecule has 0 aliphatic rings. The number of nitrogens with one attached hydrogen (secondary N) is 2. The first-order valence-corrected chi connectivity index (χ1v) is 9.00. The summed E-state index contributed by atoms with van der Waals surface area (Å²) in [5.41, 5.74) is 2.40. The first-order valence-electron chi connectivity index (χ1n) is 6.64. The molecule has 1 aromatic carbocycles. The van der Waals surface area contributed by atoms with Crippen molar-refractivity contribution in [2.24, 2.45) is 0 Å². The van der Waals surface area contributed by atoms with Crippen LogP contribution in [0.1, 0.15) is 17.3 Å². The minimum atomic E-state index is -3.77. The average molecular weight is 356 g/mol. The lowest BCUT2D eigenvalue weighted by Gasteiger charge is -2.11. The highest BCUT2D eigenvalue weighted by atomic mass is 32.2. The zero-order valence-corrected chi connectivity index (χ0v) is 14.2. The van der Waals surface area contributed by atoms with Crippen LogP contribution in [0.2, 0.25) is 0 Å². The third-order valence-electron chi connectivity index (χ3n) is 2.78. The molecule has 0 saturated heterocycles. The summed E-state index contributed by atoms with van der Waals surface area (Å²) < 4.78 is 34.5. The molecule has 0 fully saturated rings. The normalized spacial score (nSPS) is 11.0. The van der Waals surface area contributed by atoms with Crippen molar-refractivity contribution >= 4 is 27.3 Å². The Balaban J connectivity index is 2.09. The number of carbonyl (C=O) groups excluding carboxylic acids is 1. The summed E-state index contributed by atoms with van der Waals surface area (Å²) >= 11 is 1.05. The maximum Gasteiger partial charge on any atom is 0.266 e. The summed E-state index contributed by atoms with van der Waals surface area (Å²) in [5, 5.41) is 1.63. The predicted octanol–water partition coefficient (Wildman–Crippen LogP) is 1.78. The molecule has 23 heavy (non-hydrogen) atoms. The van der Waals surface area contributed by atoms with Crippen LogP contribution in [-0.2, 0) is 10.0 Å². The van der Waals surface area contributed by atoms with Gasteiger partial charge in [-0.3, -0.25) is 10.2 Å². The molecule has 2 aromatic rings. The Morgan fingerprint density at radius 1 is 1.26 bits per heavy atom. The van der Waals surface area contributed by atoms with Gasteiger partial charge in [0, 0.05) is 5.56 Å². The lowest BCUT2D eigenvalue weighted by molar-refractivity contribution is 0.0944. The van der Waals surface area contributed by atoms with Gasteiger partial charge in [0.15, 0.2) is 11.5 Å². The maximum absolute atomic E-state index is 12.1. The van der Waals surface area contributed by atoms with E-state index < -0.39 is 15.9 Å². The Morgan fingerprint density at radius 2 is 2.04 bits per heavy atom. The number of hydrogen-bond donors (Lipinski definition) is 2. The highest BCUT2D eigenvalue weighted by Crippen LogP contribution is 2.28. The topological polar surface area (TPSA) is 93.7 Å². The molecule has 124 valence electrons. The molecule has 0 spiro atoms. The number of benzene rings is 1. The van der Waals surface area contributed by atoms with Crippen molar-refractivity contribution in [1.29, 1.82) is 0 Å². The van der Waals surface area contributed by atoms with Crippen LogP contribution in [0, 0.1) is 0 Å². The summed E-state index contributed by atoms with van der Waals surface area (Å²) in [7, 11) is -2.31. The third kappa shape index (κ3) is 4.21. The van der Waals surface area contributed by atoms with Crippen LogP contribution in [0.3, 0.4) is 0 Å². The number of thiophene rings is 1. The molecule has 1 heterocycles. The van der Waals surface area contributed by atoms with Gasteiger partial charge in [0.05, 0.1) is 13.7 Å². The van der Waals surface area contributed by atoms with Crippen LogP contribution in [-0.4, -0.2) is 28.0 Å². The van der Waals surface area contributed by atoms with Gasteiger partial charge in [-0.1, -0.05) is 6.07 Å². The minimum Gasteiger partial charge on any atom is -0.493 e. The van der Waals surface area contributed by atoms with E-state index in [9.17, 15) is 13.2 Å². The molecule has 9 heteroatoms. The molecular formula is C14H16N2O5S2. The Morgan fingerprint density at radius 3 is 2.65 bits per heavy atom. The number of sulfonamides is 1. The summed E-state index contributed by atoms with van der Waals surface area (Å²) in [4.78, 5) is 14.1. The molecule has 0 unspecified atom stereocenters. The van der Waals surface area contributed by atoms with Crippen molar-refractivity contribution in [3.8, 4) is 11.5 Å². The first-order chi connectivity index (χ1) is 11.0. The minimum absolute atomic E-state index is 0.113. The van der Waals surface area contributed by atoms with E-state index in [1.54, 1.807) is 17.5 Å². The molecular weight excluding hydrogens is 340 g/mol. The van der Waals surface area contributed by atoms with Crippen molar-refractivity contribution in [2.45, 2.75) is 11.1 Å². The second-order valence-electron chi connectivity index (χ2n) is 4.29. The van der Waals surface area contributed by atoms with Gasteiger partial charge in [0.2, 0.25) is 0 Å². The molecule has 0 atom stereocenters. The molecule has 0 radical (unpaired) electrons. The van der Waals surface area contributed by atoms with E-state index in [0.717, 1.165) is 11.3 Å². The van der Waals surface area contributed by atoms with Crippen molar-refractivity contribution in [2.75, 3.05) is 13.7 Å². The highest BCUT2D eigenvalue weighted by molar-refractivity contribution is 7.91. The van der Waals surface area contributed by atoms with Gasteiger partial charge in [0.1, 0.15) is 4.21 Å². The second kappa shape index (κ2) is 7.44. The van der Waals surface area contributed by atoms with Crippen molar-refractivity contribution in [3.05, 3.63) is 41.3 Å². The van der Waals surface area contributed by atoms with Gasteiger partial charge in [0.25, 0.3) is 15.9 Å². The van der Waals surface area contributed by atoms with Gasteiger partial charge in [-0.15, -0.1) is 16.2 Å². The molecule has 1 amide bonds. The standard InChI is InChI=1S/C14H16N2O5S2/c1-3-21-11-7-6-10(9-12(11)20-2)14(17)15-16-23(18,19)13-5-4-8-22-13/h4-9,16H,3H2,1-2H3,(H,15,17). The van der Waals surface area contributed by atoms with E-state index in [1.807, 2.05) is 11.8 Å². The number of carbonyl (C=O) groups is 1. The third-order valence-corrected chi connectivity index (χ3v) is 5.43. The quantitative estimate of drug-likeness (QED) is 0.738. The van der Waals surface area contributed by atoms with Crippen LogP contribution in [0.15, 0.2) is 39.9 Å². The Kier molecular flexibility index (Phi) is 5.59. The van der Waals surface area contributed by atoms with E-state index in [0.29, 0.717) is 18.1 Å². The van der Waals surface area contributed by atoms with Crippen LogP contribution in [0.4, 0.5) is 0 Å².